The monoisotopic (exact) mass is 445 g/mol. The number of hydrogen-bond donors (Lipinski definition) is 0. The summed E-state index contributed by atoms with van der Waals surface area (Å²) >= 11 is 0.799. The number of fused-ring (bicyclic) bond motifs is 1. The number of carbonyl (C=O) groups excluding carboxylic acids is 3. The third kappa shape index (κ3) is 3.79. The molecular formula is C24H19N3O4S. The Morgan fingerprint density at radius 1 is 1.19 bits per heavy atom. The molecule has 1 aliphatic heterocycles. The van der Waals surface area contributed by atoms with Crippen molar-refractivity contribution in [2.45, 2.75) is 19.5 Å². The number of aromatic nitrogens is 1. The van der Waals surface area contributed by atoms with E-state index in [4.69, 9.17) is 0 Å². The molecule has 2 amide bonds. The Morgan fingerprint density at radius 3 is 2.66 bits per heavy atom. The predicted octanol–water partition coefficient (Wildman–Crippen LogP) is 4.16. The number of ether oxygens (including phenoxy) is 1. The van der Waals surface area contributed by atoms with E-state index in [1.54, 1.807) is 12.1 Å². The second-order valence-electron chi connectivity index (χ2n) is 7.25. The van der Waals surface area contributed by atoms with Crippen molar-refractivity contribution in [2.24, 2.45) is 0 Å². The van der Waals surface area contributed by atoms with Crippen LogP contribution in [0.4, 0.5) is 4.79 Å². The molecule has 160 valence electrons. The molecule has 0 spiro atoms. The highest BCUT2D eigenvalue weighted by Gasteiger charge is 2.41. The van der Waals surface area contributed by atoms with Gasteiger partial charge in [0.2, 0.25) is 0 Å². The number of nitriles is 1. The average molecular weight is 446 g/mol. The number of hydrogen-bond acceptors (Lipinski definition) is 6. The summed E-state index contributed by atoms with van der Waals surface area (Å²) in [6.45, 7) is 1.95. The van der Waals surface area contributed by atoms with Gasteiger partial charge in [-0.05, 0) is 42.5 Å². The van der Waals surface area contributed by atoms with E-state index in [1.807, 2.05) is 53.2 Å². The first-order valence-electron chi connectivity index (χ1n) is 9.85. The number of carbonyl (C=O) groups is 3. The van der Waals surface area contributed by atoms with E-state index in [-0.39, 0.29) is 4.91 Å². The predicted molar refractivity (Wildman–Crippen MR) is 121 cm³/mol. The zero-order valence-electron chi connectivity index (χ0n) is 17.4. The molecule has 8 heteroatoms. The SMILES string of the molecule is COC(=O)[C@H](C)N1C(=O)S/C(=C/c2cn(Cc3ccccc3C#N)c3ccccc23)C1=O. The van der Waals surface area contributed by atoms with Gasteiger partial charge in [-0.15, -0.1) is 0 Å². The van der Waals surface area contributed by atoms with Crippen molar-refractivity contribution >= 4 is 45.9 Å². The van der Waals surface area contributed by atoms with Crippen molar-refractivity contribution in [2.75, 3.05) is 7.11 Å². The quantitative estimate of drug-likeness (QED) is 0.433. The van der Waals surface area contributed by atoms with Crippen LogP contribution in [-0.2, 0) is 20.9 Å². The summed E-state index contributed by atoms with van der Waals surface area (Å²) in [5.41, 5.74) is 3.19. The maximum Gasteiger partial charge on any atom is 0.328 e. The molecule has 0 radical (unpaired) electrons. The fourth-order valence-electron chi connectivity index (χ4n) is 3.70. The normalized spacial score (nSPS) is 15.9. The lowest BCUT2D eigenvalue weighted by Gasteiger charge is -2.18. The van der Waals surface area contributed by atoms with Crippen LogP contribution in [0.3, 0.4) is 0 Å². The first-order chi connectivity index (χ1) is 15.4. The molecule has 0 N–H and O–H groups in total. The van der Waals surface area contributed by atoms with Crippen LogP contribution in [0.15, 0.2) is 59.6 Å². The van der Waals surface area contributed by atoms with Crippen LogP contribution in [0.2, 0.25) is 0 Å². The van der Waals surface area contributed by atoms with E-state index >= 15 is 0 Å². The largest absolute Gasteiger partial charge is 0.467 e. The van der Waals surface area contributed by atoms with Gasteiger partial charge in [-0.25, -0.2) is 4.79 Å². The van der Waals surface area contributed by atoms with Gasteiger partial charge in [0.25, 0.3) is 11.1 Å². The van der Waals surface area contributed by atoms with Gasteiger partial charge in [-0.2, -0.15) is 5.26 Å². The molecule has 0 aliphatic carbocycles. The molecule has 2 heterocycles. The number of methoxy groups -OCH3 is 1. The maximum absolute atomic E-state index is 12.9. The van der Waals surface area contributed by atoms with Crippen LogP contribution in [-0.4, -0.2) is 39.7 Å². The molecule has 1 fully saturated rings. The lowest BCUT2D eigenvalue weighted by atomic mass is 10.1. The van der Waals surface area contributed by atoms with E-state index in [2.05, 4.69) is 10.8 Å². The number of rotatable bonds is 5. The van der Waals surface area contributed by atoms with E-state index in [9.17, 15) is 19.6 Å². The first kappa shape index (κ1) is 21.4. The Hall–Kier alpha value is -3.83. The maximum atomic E-state index is 12.9. The van der Waals surface area contributed by atoms with Gasteiger partial charge < -0.3 is 9.30 Å². The van der Waals surface area contributed by atoms with Crippen molar-refractivity contribution in [1.29, 1.82) is 5.26 Å². The molecule has 0 bridgehead atoms. The Bertz CT molecular complexity index is 1320. The topological polar surface area (TPSA) is 92.4 Å². The average Bonchev–Trinajstić information content (AvgIpc) is 3.29. The lowest BCUT2D eigenvalue weighted by molar-refractivity contribution is -0.148. The van der Waals surface area contributed by atoms with Gasteiger partial charge in [0.1, 0.15) is 6.04 Å². The highest BCUT2D eigenvalue weighted by Crippen LogP contribution is 2.35. The minimum Gasteiger partial charge on any atom is -0.467 e. The number of nitrogens with zero attached hydrogens (tertiary/aromatic N) is 3. The van der Waals surface area contributed by atoms with E-state index in [0.717, 1.165) is 38.7 Å². The first-order valence-corrected chi connectivity index (χ1v) is 10.7. The van der Waals surface area contributed by atoms with Gasteiger partial charge >= 0.3 is 5.97 Å². The second-order valence-corrected chi connectivity index (χ2v) is 8.24. The van der Waals surface area contributed by atoms with Crippen LogP contribution in [0, 0.1) is 11.3 Å². The summed E-state index contributed by atoms with van der Waals surface area (Å²) in [5, 5.41) is 9.81. The standard InChI is InChI=1S/C24H19N3O4S/c1-15(23(29)31-2)27-22(28)21(32-24(27)30)11-18-14-26(20-10-6-5-9-19(18)20)13-17-8-4-3-7-16(17)12-25/h3-11,14-15H,13H2,1-2H3/b21-11+/t15-/m0/s1. The third-order valence-electron chi connectivity index (χ3n) is 5.34. The van der Waals surface area contributed by atoms with Crippen LogP contribution in [0.25, 0.3) is 17.0 Å². The van der Waals surface area contributed by atoms with Crippen LogP contribution < -0.4 is 0 Å². The minimum absolute atomic E-state index is 0.242. The highest BCUT2D eigenvalue weighted by atomic mass is 32.2. The van der Waals surface area contributed by atoms with Crippen LogP contribution >= 0.6 is 11.8 Å². The summed E-state index contributed by atoms with van der Waals surface area (Å²) in [6.07, 6.45) is 3.57. The minimum atomic E-state index is -0.998. The number of para-hydroxylation sites is 1. The molecule has 1 aromatic heterocycles. The Labute approximate surface area is 188 Å². The van der Waals surface area contributed by atoms with Gasteiger partial charge in [0, 0.05) is 29.2 Å². The number of thioether (sulfide) groups is 1. The van der Waals surface area contributed by atoms with Crippen molar-refractivity contribution in [3.8, 4) is 6.07 Å². The molecule has 0 unspecified atom stereocenters. The number of esters is 1. The third-order valence-corrected chi connectivity index (χ3v) is 6.22. The highest BCUT2D eigenvalue weighted by molar-refractivity contribution is 8.18. The van der Waals surface area contributed by atoms with E-state index in [1.165, 1.54) is 14.0 Å². The van der Waals surface area contributed by atoms with Crippen molar-refractivity contribution in [3.05, 3.63) is 76.3 Å². The van der Waals surface area contributed by atoms with Gasteiger partial charge in [0.05, 0.1) is 23.6 Å². The molecule has 2 aromatic carbocycles. The zero-order valence-corrected chi connectivity index (χ0v) is 18.3. The van der Waals surface area contributed by atoms with Gasteiger partial charge in [-0.1, -0.05) is 36.4 Å². The van der Waals surface area contributed by atoms with E-state index < -0.39 is 23.2 Å². The molecule has 1 aliphatic rings. The summed E-state index contributed by atoms with van der Waals surface area (Å²) in [6, 6.07) is 16.3. The van der Waals surface area contributed by atoms with Gasteiger partial charge in [0.15, 0.2) is 0 Å². The molecule has 0 saturated carbocycles. The number of amides is 2. The van der Waals surface area contributed by atoms with Crippen LogP contribution in [0.5, 0.6) is 0 Å². The van der Waals surface area contributed by atoms with Crippen molar-refractivity contribution in [3.63, 3.8) is 0 Å². The Balaban J connectivity index is 1.73. The van der Waals surface area contributed by atoms with Gasteiger partial charge in [-0.3, -0.25) is 14.5 Å². The van der Waals surface area contributed by atoms with Crippen molar-refractivity contribution < 1.29 is 19.1 Å². The second kappa shape index (κ2) is 8.73. The smallest absolute Gasteiger partial charge is 0.328 e. The molecule has 7 nitrogen and oxygen atoms in total. The molecule has 4 rings (SSSR count). The molecule has 1 saturated heterocycles. The number of imide groups is 1. The Kier molecular flexibility index (Phi) is 5.84. The molecule has 3 aromatic rings. The van der Waals surface area contributed by atoms with E-state index in [0.29, 0.717) is 12.1 Å². The summed E-state index contributed by atoms with van der Waals surface area (Å²) in [7, 11) is 1.22. The summed E-state index contributed by atoms with van der Waals surface area (Å²) < 4.78 is 6.68. The zero-order chi connectivity index (χ0) is 22.8. The van der Waals surface area contributed by atoms with Crippen molar-refractivity contribution in [1.82, 2.24) is 9.47 Å². The summed E-state index contributed by atoms with van der Waals surface area (Å²) in [4.78, 5) is 38.3. The fourth-order valence-corrected chi connectivity index (χ4v) is 4.60. The lowest BCUT2D eigenvalue weighted by Crippen LogP contribution is -2.42. The van der Waals surface area contributed by atoms with Crippen LogP contribution in [0.1, 0.15) is 23.6 Å². The summed E-state index contributed by atoms with van der Waals surface area (Å²) in [5.74, 6) is -1.18. The molecule has 1 atom stereocenters. The fraction of sp³-hybridized carbons (Fsp3) is 0.167. The number of benzene rings is 2. The molecular weight excluding hydrogens is 426 g/mol. The molecule has 32 heavy (non-hydrogen) atoms. The Morgan fingerprint density at radius 2 is 1.91 bits per heavy atom.